The van der Waals surface area contributed by atoms with E-state index in [9.17, 15) is 4.79 Å². The van der Waals surface area contributed by atoms with Crippen LogP contribution >= 0.6 is 0 Å². The average Bonchev–Trinajstić information content (AvgIpc) is 2.82. The Morgan fingerprint density at radius 1 is 1.44 bits per heavy atom. The van der Waals surface area contributed by atoms with Gasteiger partial charge in [0, 0.05) is 19.5 Å². The summed E-state index contributed by atoms with van der Waals surface area (Å²) in [6.45, 7) is 5.72. The van der Waals surface area contributed by atoms with Crippen LogP contribution < -0.4 is 4.90 Å². The Balaban J connectivity index is 1.99. The van der Waals surface area contributed by atoms with Crippen LogP contribution in [0.1, 0.15) is 39.0 Å². The van der Waals surface area contributed by atoms with E-state index in [0.29, 0.717) is 18.3 Å². The predicted octanol–water partition coefficient (Wildman–Crippen LogP) is 1.71. The van der Waals surface area contributed by atoms with Crippen molar-refractivity contribution in [2.45, 2.75) is 39.5 Å². The number of carboxylic acids is 1. The van der Waals surface area contributed by atoms with Crippen LogP contribution in [0.15, 0.2) is 4.52 Å². The fraction of sp³-hybridized carbons (Fsp3) is 0.750. The van der Waals surface area contributed by atoms with Crippen molar-refractivity contribution in [2.75, 3.05) is 18.0 Å². The second-order valence-corrected chi connectivity index (χ2v) is 5.59. The van der Waals surface area contributed by atoms with E-state index in [1.807, 2.05) is 13.8 Å². The Kier molecular flexibility index (Phi) is 3.54. The SMILES string of the molecule is CC(C)(CC(=O)O)Cc1nc(N2CCCC2)no1. The van der Waals surface area contributed by atoms with Crippen LogP contribution in [0.2, 0.25) is 0 Å². The molecule has 1 aromatic heterocycles. The fourth-order valence-electron chi connectivity index (χ4n) is 2.24. The monoisotopic (exact) mass is 253 g/mol. The second-order valence-electron chi connectivity index (χ2n) is 5.59. The van der Waals surface area contributed by atoms with Crippen LogP contribution in [0.3, 0.4) is 0 Å². The molecule has 0 bridgehead atoms. The third kappa shape index (κ3) is 3.21. The van der Waals surface area contributed by atoms with Crippen molar-refractivity contribution in [1.29, 1.82) is 0 Å². The fourth-order valence-corrected chi connectivity index (χ4v) is 2.24. The molecular weight excluding hydrogens is 234 g/mol. The molecule has 1 aromatic rings. The summed E-state index contributed by atoms with van der Waals surface area (Å²) in [6, 6.07) is 0. The van der Waals surface area contributed by atoms with Crippen molar-refractivity contribution in [2.24, 2.45) is 5.41 Å². The quantitative estimate of drug-likeness (QED) is 0.860. The van der Waals surface area contributed by atoms with Crippen LogP contribution in [-0.4, -0.2) is 34.3 Å². The van der Waals surface area contributed by atoms with Gasteiger partial charge in [-0.1, -0.05) is 13.8 Å². The molecule has 0 aliphatic carbocycles. The van der Waals surface area contributed by atoms with Gasteiger partial charge in [0.05, 0.1) is 6.42 Å². The Morgan fingerprint density at radius 2 is 2.11 bits per heavy atom. The smallest absolute Gasteiger partial charge is 0.303 e. The number of nitrogens with zero attached hydrogens (tertiary/aromatic N) is 3. The molecule has 1 N–H and O–H groups in total. The van der Waals surface area contributed by atoms with Crippen molar-refractivity contribution in [3.63, 3.8) is 0 Å². The first-order valence-corrected chi connectivity index (χ1v) is 6.26. The van der Waals surface area contributed by atoms with Gasteiger partial charge in [0.1, 0.15) is 0 Å². The lowest BCUT2D eigenvalue weighted by Crippen LogP contribution is -2.21. The third-order valence-corrected chi connectivity index (χ3v) is 3.11. The molecule has 0 aromatic carbocycles. The van der Waals surface area contributed by atoms with Crippen LogP contribution in [0, 0.1) is 5.41 Å². The molecule has 6 heteroatoms. The maximum atomic E-state index is 10.7. The van der Waals surface area contributed by atoms with Crippen molar-refractivity contribution >= 4 is 11.9 Å². The van der Waals surface area contributed by atoms with Crippen LogP contribution in [0.25, 0.3) is 0 Å². The molecule has 0 unspecified atom stereocenters. The van der Waals surface area contributed by atoms with E-state index in [1.54, 1.807) is 0 Å². The number of rotatable bonds is 5. The number of aromatic nitrogens is 2. The van der Waals surface area contributed by atoms with E-state index < -0.39 is 5.97 Å². The molecule has 0 amide bonds. The summed E-state index contributed by atoms with van der Waals surface area (Å²) >= 11 is 0. The summed E-state index contributed by atoms with van der Waals surface area (Å²) in [6.07, 6.45) is 2.90. The molecule has 0 atom stereocenters. The van der Waals surface area contributed by atoms with E-state index in [4.69, 9.17) is 9.63 Å². The predicted molar refractivity (Wildman–Crippen MR) is 65.5 cm³/mol. The zero-order valence-corrected chi connectivity index (χ0v) is 10.8. The van der Waals surface area contributed by atoms with Gasteiger partial charge in [-0.05, 0) is 23.4 Å². The van der Waals surface area contributed by atoms with Gasteiger partial charge < -0.3 is 14.5 Å². The summed E-state index contributed by atoms with van der Waals surface area (Å²) in [4.78, 5) is 17.2. The highest BCUT2D eigenvalue weighted by atomic mass is 16.5. The number of hydrogen-bond acceptors (Lipinski definition) is 5. The van der Waals surface area contributed by atoms with Crippen molar-refractivity contribution in [3.8, 4) is 0 Å². The van der Waals surface area contributed by atoms with Gasteiger partial charge in [-0.25, -0.2) is 0 Å². The molecule has 1 saturated heterocycles. The van der Waals surface area contributed by atoms with Gasteiger partial charge in [-0.15, -0.1) is 0 Å². The highest BCUT2D eigenvalue weighted by molar-refractivity contribution is 5.67. The van der Waals surface area contributed by atoms with E-state index in [1.165, 1.54) is 0 Å². The lowest BCUT2D eigenvalue weighted by Gasteiger charge is -2.19. The first-order valence-electron chi connectivity index (χ1n) is 6.26. The molecule has 1 aliphatic rings. The molecule has 0 spiro atoms. The van der Waals surface area contributed by atoms with E-state index in [2.05, 4.69) is 15.0 Å². The Bertz CT molecular complexity index is 422. The topological polar surface area (TPSA) is 79.5 Å². The molecule has 100 valence electrons. The van der Waals surface area contributed by atoms with Crippen LogP contribution in [0.4, 0.5) is 5.95 Å². The maximum absolute atomic E-state index is 10.7. The molecule has 6 nitrogen and oxygen atoms in total. The van der Waals surface area contributed by atoms with E-state index in [0.717, 1.165) is 25.9 Å². The molecular formula is C12H19N3O3. The summed E-state index contributed by atoms with van der Waals surface area (Å²) in [5, 5.41) is 12.8. The van der Waals surface area contributed by atoms with Crippen LogP contribution in [-0.2, 0) is 11.2 Å². The van der Waals surface area contributed by atoms with Gasteiger partial charge in [0.25, 0.3) is 5.95 Å². The number of hydrogen-bond donors (Lipinski definition) is 1. The maximum Gasteiger partial charge on any atom is 0.303 e. The first-order chi connectivity index (χ1) is 8.46. The molecule has 2 heterocycles. The van der Waals surface area contributed by atoms with E-state index >= 15 is 0 Å². The van der Waals surface area contributed by atoms with Crippen molar-refractivity contribution in [1.82, 2.24) is 10.1 Å². The van der Waals surface area contributed by atoms with Gasteiger partial charge in [-0.2, -0.15) is 4.98 Å². The summed E-state index contributed by atoms with van der Waals surface area (Å²) in [7, 11) is 0. The van der Waals surface area contributed by atoms with Crippen molar-refractivity contribution in [3.05, 3.63) is 5.89 Å². The Hall–Kier alpha value is -1.59. The number of aliphatic carboxylic acids is 1. The van der Waals surface area contributed by atoms with Gasteiger partial charge in [-0.3, -0.25) is 4.79 Å². The summed E-state index contributed by atoms with van der Waals surface area (Å²) in [5.41, 5.74) is -0.374. The molecule has 2 rings (SSSR count). The zero-order valence-electron chi connectivity index (χ0n) is 10.8. The largest absolute Gasteiger partial charge is 0.481 e. The van der Waals surface area contributed by atoms with E-state index in [-0.39, 0.29) is 11.8 Å². The molecule has 18 heavy (non-hydrogen) atoms. The molecule has 0 radical (unpaired) electrons. The van der Waals surface area contributed by atoms with Gasteiger partial charge in [0.2, 0.25) is 5.89 Å². The summed E-state index contributed by atoms with van der Waals surface area (Å²) < 4.78 is 5.20. The normalized spacial score (nSPS) is 16.2. The molecule has 0 saturated carbocycles. The van der Waals surface area contributed by atoms with Gasteiger partial charge in [0.15, 0.2) is 0 Å². The second kappa shape index (κ2) is 4.96. The highest BCUT2D eigenvalue weighted by Crippen LogP contribution is 2.26. The minimum absolute atomic E-state index is 0.0917. The number of carbonyl (C=O) groups is 1. The number of carboxylic acid groups (broad SMARTS) is 1. The highest BCUT2D eigenvalue weighted by Gasteiger charge is 2.26. The number of anilines is 1. The Labute approximate surface area is 106 Å². The first kappa shape index (κ1) is 12.9. The van der Waals surface area contributed by atoms with Crippen LogP contribution in [0.5, 0.6) is 0 Å². The average molecular weight is 253 g/mol. The lowest BCUT2D eigenvalue weighted by molar-refractivity contribution is -0.139. The molecule has 1 aliphatic heterocycles. The standard InChI is InChI=1S/C12H19N3O3/c1-12(2,8-10(16)17)7-9-13-11(14-18-9)15-5-3-4-6-15/h3-8H2,1-2H3,(H,16,17). The zero-order chi connectivity index (χ0) is 13.2. The lowest BCUT2D eigenvalue weighted by atomic mass is 9.86. The van der Waals surface area contributed by atoms with Gasteiger partial charge >= 0.3 is 5.97 Å². The third-order valence-electron chi connectivity index (χ3n) is 3.11. The minimum Gasteiger partial charge on any atom is -0.481 e. The minimum atomic E-state index is -0.806. The van der Waals surface area contributed by atoms with Crippen molar-refractivity contribution < 1.29 is 14.4 Å². The Morgan fingerprint density at radius 3 is 2.72 bits per heavy atom. The summed E-state index contributed by atoms with van der Waals surface area (Å²) in [5.74, 6) is 0.344. The molecule has 1 fully saturated rings.